The van der Waals surface area contributed by atoms with Crippen LogP contribution in [-0.2, 0) is 19.6 Å². The predicted molar refractivity (Wildman–Crippen MR) is 134 cm³/mol. The largest absolute Gasteiger partial charge is 0.486 e. The van der Waals surface area contributed by atoms with Crippen LogP contribution in [0.4, 0.5) is 30.6 Å². The molecule has 8 nitrogen and oxygen atoms in total. The summed E-state index contributed by atoms with van der Waals surface area (Å²) in [5, 5.41) is 6.27. The van der Waals surface area contributed by atoms with E-state index in [0.29, 0.717) is 45.6 Å². The molecule has 1 amide bonds. The summed E-state index contributed by atoms with van der Waals surface area (Å²) in [7, 11) is 1.80. The van der Waals surface area contributed by atoms with Crippen molar-refractivity contribution in [3.63, 3.8) is 0 Å². The first-order valence-corrected chi connectivity index (χ1v) is 11.7. The van der Waals surface area contributed by atoms with Gasteiger partial charge < -0.3 is 19.9 Å². The maximum atomic E-state index is 13.2. The number of halogens is 5. The lowest BCUT2D eigenvalue weighted by molar-refractivity contribution is -0.137. The van der Waals surface area contributed by atoms with Crippen molar-refractivity contribution in [3.05, 3.63) is 63.5 Å². The minimum atomic E-state index is -4.53. The summed E-state index contributed by atoms with van der Waals surface area (Å²) in [5.41, 5.74) is 1.10. The fraction of sp³-hybridized carbons (Fsp3) is 0.250. The van der Waals surface area contributed by atoms with Crippen LogP contribution >= 0.6 is 23.2 Å². The number of amides is 1. The SMILES string of the molecule is Cn1c(Nc2c(Cl)cncc2Cl)nc2cc(C(=O)Nc3ccc(C(F)(F)F)cn3)c3c(c21)CC(C)(C)O3. The molecule has 1 aliphatic heterocycles. The van der Waals surface area contributed by atoms with Gasteiger partial charge in [0.1, 0.15) is 17.2 Å². The second-order valence-corrected chi connectivity index (χ2v) is 9.93. The number of aryl methyl sites for hydroxylation is 1. The highest BCUT2D eigenvalue weighted by molar-refractivity contribution is 6.39. The topological polar surface area (TPSA) is 94.0 Å². The van der Waals surface area contributed by atoms with Gasteiger partial charge in [0.05, 0.1) is 37.9 Å². The third kappa shape index (κ3) is 4.64. The number of aromatic nitrogens is 4. The summed E-state index contributed by atoms with van der Waals surface area (Å²) in [6.45, 7) is 3.79. The third-order valence-corrected chi connectivity index (χ3v) is 6.43. The number of benzene rings is 1. The van der Waals surface area contributed by atoms with Gasteiger partial charge >= 0.3 is 6.18 Å². The van der Waals surface area contributed by atoms with Gasteiger partial charge in [-0.2, -0.15) is 13.2 Å². The Morgan fingerprint density at radius 2 is 1.86 bits per heavy atom. The van der Waals surface area contributed by atoms with Gasteiger partial charge in [0.25, 0.3) is 5.91 Å². The van der Waals surface area contributed by atoms with Gasteiger partial charge in [-0.3, -0.25) is 9.78 Å². The fourth-order valence-electron chi connectivity index (χ4n) is 4.21. The van der Waals surface area contributed by atoms with Crippen molar-refractivity contribution in [1.82, 2.24) is 19.5 Å². The molecule has 4 aromatic rings. The summed E-state index contributed by atoms with van der Waals surface area (Å²) in [4.78, 5) is 25.5. The molecule has 0 radical (unpaired) electrons. The Labute approximate surface area is 218 Å². The van der Waals surface area contributed by atoms with Crippen molar-refractivity contribution in [2.45, 2.75) is 32.0 Å². The molecule has 1 aliphatic rings. The number of anilines is 3. The van der Waals surface area contributed by atoms with Crippen molar-refractivity contribution in [2.75, 3.05) is 10.6 Å². The summed E-state index contributed by atoms with van der Waals surface area (Å²) in [5.74, 6) is 0.160. The molecule has 0 bridgehead atoms. The number of alkyl halides is 3. The zero-order valence-electron chi connectivity index (χ0n) is 19.7. The number of carbonyl (C=O) groups excluding carboxylic acids is 1. The summed E-state index contributed by atoms with van der Waals surface area (Å²) < 4.78 is 46.5. The van der Waals surface area contributed by atoms with Crippen LogP contribution in [0.5, 0.6) is 5.75 Å². The molecule has 0 saturated heterocycles. The van der Waals surface area contributed by atoms with Crippen LogP contribution in [0.1, 0.15) is 35.3 Å². The number of nitrogens with zero attached hydrogens (tertiary/aromatic N) is 4. The highest BCUT2D eigenvalue weighted by atomic mass is 35.5. The molecule has 0 fully saturated rings. The number of rotatable bonds is 4. The molecule has 2 N–H and O–H groups in total. The van der Waals surface area contributed by atoms with Gasteiger partial charge in [0.15, 0.2) is 0 Å². The molecule has 13 heteroatoms. The maximum absolute atomic E-state index is 13.2. The Kier molecular flexibility index (Phi) is 5.95. The molecule has 1 aromatic carbocycles. The highest BCUT2D eigenvalue weighted by Crippen LogP contribution is 2.43. The zero-order valence-corrected chi connectivity index (χ0v) is 21.2. The smallest absolute Gasteiger partial charge is 0.417 e. The highest BCUT2D eigenvalue weighted by Gasteiger charge is 2.37. The third-order valence-electron chi connectivity index (χ3n) is 5.86. The summed E-state index contributed by atoms with van der Waals surface area (Å²) in [6, 6.07) is 3.51. The lowest BCUT2D eigenvalue weighted by atomic mass is 9.98. The normalized spacial score (nSPS) is 14.4. The Balaban J connectivity index is 1.55. The van der Waals surface area contributed by atoms with Gasteiger partial charge in [-0.15, -0.1) is 0 Å². The number of imidazole rings is 1. The van der Waals surface area contributed by atoms with Crippen LogP contribution in [0.3, 0.4) is 0 Å². The number of fused-ring (bicyclic) bond motifs is 3. The van der Waals surface area contributed by atoms with Crippen LogP contribution < -0.4 is 15.4 Å². The standard InChI is InChI=1S/C24H19Cl2F3N6O2/c1-23(2)7-13-19-16(32-22(35(19)3)34-18-14(25)9-30-10-15(18)26)6-12(20(13)37-23)21(36)33-17-5-4-11(8-31-17)24(27,28)29/h4-6,8-10H,7H2,1-3H3,(H,30,32,34)(H,31,33,36). The Morgan fingerprint density at radius 1 is 1.16 bits per heavy atom. The van der Waals surface area contributed by atoms with Crippen LogP contribution in [0.15, 0.2) is 36.8 Å². The number of ether oxygens (including phenoxy) is 1. The molecule has 0 saturated carbocycles. The lowest BCUT2D eigenvalue weighted by Crippen LogP contribution is -2.25. The van der Waals surface area contributed by atoms with E-state index in [-0.39, 0.29) is 11.4 Å². The molecule has 5 rings (SSSR count). The molecule has 37 heavy (non-hydrogen) atoms. The molecule has 192 valence electrons. The monoisotopic (exact) mass is 550 g/mol. The molecular formula is C24H19Cl2F3N6O2. The average molecular weight is 551 g/mol. The van der Waals surface area contributed by atoms with E-state index in [1.165, 1.54) is 12.4 Å². The molecular weight excluding hydrogens is 532 g/mol. The van der Waals surface area contributed by atoms with Gasteiger partial charge in [0.2, 0.25) is 5.95 Å². The minimum Gasteiger partial charge on any atom is -0.486 e. The van der Waals surface area contributed by atoms with Crippen molar-refractivity contribution in [1.29, 1.82) is 0 Å². The van der Waals surface area contributed by atoms with Crippen molar-refractivity contribution in [2.24, 2.45) is 7.05 Å². The van der Waals surface area contributed by atoms with E-state index in [2.05, 4.69) is 25.6 Å². The number of hydrogen-bond donors (Lipinski definition) is 2. The molecule has 0 aliphatic carbocycles. The van der Waals surface area contributed by atoms with Crippen molar-refractivity contribution >= 4 is 57.6 Å². The maximum Gasteiger partial charge on any atom is 0.417 e. The number of carbonyl (C=O) groups is 1. The quantitative estimate of drug-likeness (QED) is 0.305. The second kappa shape index (κ2) is 8.77. The molecule has 0 atom stereocenters. The Hall–Kier alpha value is -3.57. The zero-order chi connectivity index (χ0) is 26.7. The van der Waals surface area contributed by atoms with Crippen molar-refractivity contribution < 1.29 is 22.7 Å². The lowest BCUT2D eigenvalue weighted by Gasteiger charge is -2.18. The fourth-order valence-corrected chi connectivity index (χ4v) is 4.67. The van der Waals surface area contributed by atoms with E-state index in [0.717, 1.165) is 23.2 Å². The minimum absolute atomic E-state index is 0.0329. The van der Waals surface area contributed by atoms with Crippen molar-refractivity contribution in [3.8, 4) is 5.75 Å². The second-order valence-electron chi connectivity index (χ2n) is 9.12. The first-order chi connectivity index (χ1) is 17.3. The number of nitrogens with one attached hydrogen (secondary N) is 2. The van der Waals surface area contributed by atoms with E-state index < -0.39 is 23.2 Å². The Morgan fingerprint density at radius 3 is 2.49 bits per heavy atom. The van der Waals surface area contributed by atoms with E-state index in [9.17, 15) is 18.0 Å². The first-order valence-electron chi connectivity index (χ1n) is 11.0. The van der Waals surface area contributed by atoms with E-state index in [4.69, 9.17) is 27.9 Å². The van der Waals surface area contributed by atoms with Gasteiger partial charge in [0, 0.05) is 37.6 Å². The molecule has 3 aromatic heterocycles. The molecule has 0 spiro atoms. The summed E-state index contributed by atoms with van der Waals surface area (Å²) in [6.07, 6.45) is -0.478. The van der Waals surface area contributed by atoms with Gasteiger partial charge in [-0.1, -0.05) is 23.2 Å². The summed E-state index contributed by atoms with van der Waals surface area (Å²) >= 11 is 12.5. The average Bonchev–Trinajstić information content (AvgIpc) is 3.30. The van der Waals surface area contributed by atoms with Gasteiger partial charge in [-0.25, -0.2) is 9.97 Å². The molecule has 4 heterocycles. The molecule has 0 unspecified atom stereocenters. The van der Waals surface area contributed by atoms with E-state index in [1.54, 1.807) is 13.1 Å². The van der Waals surface area contributed by atoms with Crippen LogP contribution in [-0.4, -0.2) is 31.0 Å². The predicted octanol–water partition coefficient (Wildman–Crippen LogP) is 6.40. The van der Waals surface area contributed by atoms with Crippen LogP contribution in [0.25, 0.3) is 11.0 Å². The van der Waals surface area contributed by atoms with E-state index >= 15 is 0 Å². The van der Waals surface area contributed by atoms with Crippen LogP contribution in [0.2, 0.25) is 10.0 Å². The van der Waals surface area contributed by atoms with E-state index in [1.807, 2.05) is 18.4 Å². The number of hydrogen-bond acceptors (Lipinski definition) is 6. The number of pyridine rings is 2. The van der Waals surface area contributed by atoms with Gasteiger partial charge in [-0.05, 0) is 32.0 Å². The van der Waals surface area contributed by atoms with Crippen LogP contribution in [0, 0.1) is 0 Å². The first kappa shape index (κ1) is 25.1. The Bertz CT molecular complexity index is 1530.